The van der Waals surface area contributed by atoms with Crippen molar-refractivity contribution in [1.29, 1.82) is 0 Å². The molecule has 0 heterocycles. The Hall–Kier alpha value is -1.36. The summed E-state index contributed by atoms with van der Waals surface area (Å²) < 4.78 is 70.4. The van der Waals surface area contributed by atoms with Gasteiger partial charge >= 0.3 is 27.6 Å². The van der Waals surface area contributed by atoms with E-state index in [1.54, 1.807) is 0 Å². The largest absolute Gasteiger partial charge is 0.523 e. The van der Waals surface area contributed by atoms with E-state index in [1.807, 2.05) is 0 Å². The lowest BCUT2D eigenvalue weighted by Gasteiger charge is -2.17. The van der Waals surface area contributed by atoms with Gasteiger partial charge in [-0.2, -0.15) is 21.6 Å². The molecule has 0 aliphatic carbocycles. The molecule has 0 aromatic carbocycles. The summed E-state index contributed by atoms with van der Waals surface area (Å²) in [6.45, 7) is 1.54. The molecule has 118 valence electrons. The first-order valence-electron chi connectivity index (χ1n) is 5.37. The lowest BCUT2D eigenvalue weighted by molar-refractivity contribution is -0.159. The highest BCUT2D eigenvalue weighted by Crippen LogP contribution is 2.26. The molecular weight excluding hydrogens is 309 g/mol. The lowest BCUT2D eigenvalue weighted by Crippen LogP contribution is -2.38. The second kappa shape index (κ2) is 7.43. The fraction of sp³-hybridized carbons (Fsp3) is 0.778. The molecule has 11 heteroatoms. The van der Waals surface area contributed by atoms with Gasteiger partial charge in [-0.15, -0.1) is 0 Å². The van der Waals surface area contributed by atoms with Gasteiger partial charge in [-0.05, 0) is 6.92 Å². The summed E-state index contributed by atoms with van der Waals surface area (Å²) in [5.74, 6) is -2.23. The number of ether oxygens (including phenoxy) is 2. The minimum absolute atomic E-state index is 0.110. The van der Waals surface area contributed by atoms with Crippen LogP contribution in [0.3, 0.4) is 0 Å². The molecule has 0 saturated carbocycles. The number of carbonyl (C=O) groups is 2. The maximum absolute atomic E-state index is 12.1. The molecule has 7 nitrogen and oxygen atoms in total. The van der Waals surface area contributed by atoms with Crippen LogP contribution in [0.4, 0.5) is 13.2 Å². The van der Waals surface area contributed by atoms with Crippen LogP contribution < -0.4 is 0 Å². The Morgan fingerprint density at radius 3 is 2.10 bits per heavy atom. The third kappa shape index (κ3) is 5.74. The first-order valence-corrected chi connectivity index (χ1v) is 6.77. The zero-order valence-electron chi connectivity index (χ0n) is 10.6. The van der Waals surface area contributed by atoms with Crippen molar-refractivity contribution in [2.24, 2.45) is 0 Å². The molecule has 0 aliphatic rings. The molecule has 0 fully saturated rings. The van der Waals surface area contributed by atoms with E-state index in [0.29, 0.717) is 0 Å². The van der Waals surface area contributed by atoms with Gasteiger partial charge in [0, 0.05) is 6.42 Å². The Kier molecular flexibility index (Phi) is 6.92. The molecule has 0 aromatic heterocycles. The van der Waals surface area contributed by atoms with Gasteiger partial charge in [0.15, 0.2) is 0 Å². The van der Waals surface area contributed by atoms with Crippen molar-refractivity contribution in [2.75, 3.05) is 13.2 Å². The van der Waals surface area contributed by atoms with Crippen molar-refractivity contribution in [2.45, 2.75) is 31.9 Å². The molecule has 0 rings (SSSR count). The summed E-state index contributed by atoms with van der Waals surface area (Å²) in [5.41, 5.74) is -5.70. The summed E-state index contributed by atoms with van der Waals surface area (Å²) in [4.78, 5) is 22.1. The first kappa shape index (κ1) is 18.6. The Morgan fingerprint density at radius 1 is 1.15 bits per heavy atom. The van der Waals surface area contributed by atoms with Crippen molar-refractivity contribution >= 4 is 22.1 Å². The van der Waals surface area contributed by atoms with Gasteiger partial charge in [0.1, 0.15) is 6.61 Å². The molecule has 1 unspecified atom stereocenters. The van der Waals surface area contributed by atoms with Gasteiger partial charge in [-0.3, -0.25) is 4.79 Å². The standard InChI is InChI=1S/C9H13F3O7S/c1-3-7(13)18-5-6(8(14)17-4-2)19-20(15,16)9(10,11)12/h6H,3-5H2,1-2H3. The van der Waals surface area contributed by atoms with Crippen molar-refractivity contribution in [1.82, 2.24) is 0 Å². The van der Waals surface area contributed by atoms with Gasteiger partial charge in [-0.25, -0.2) is 8.98 Å². The number of carbonyl (C=O) groups excluding carboxylic acids is 2. The van der Waals surface area contributed by atoms with Crippen molar-refractivity contribution in [3.63, 3.8) is 0 Å². The lowest BCUT2D eigenvalue weighted by atomic mass is 10.4. The van der Waals surface area contributed by atoms with Crippen LogP contribution in [-0.4, -0.2) is 45.2 Å². The topological polar surface area (TPSA) is 96.0 Å². The average Bonchev–Trinajstić information content (AvgIpc) is 2.32. The number of hydrogen-bond acceptors (Lipinski definition) is 7. The van der Waals surface area contributed by atoms with Gasteiger partial charge < -0.3 is 9.47 Å². The van der Waals surface area contributed by atoms with Crippen molar-refractivity contribution in [3.05, 3.63) is 0 Å². The molecular formula is C9H13F3O7S. The van der Waals surface area contributed by atoms with Crippen LogP contribution in [0.25, 0.3) is 0 Å². The number of halogens is 3. The van der Waals surface area contributed by atoms with E-state index in [0.717, 1.165) is 0 Å². The third-order valence-corrected chi connectivity index (χ3v) is 2.81. The number of hydrogen-bond donors (Lipinski definition) is 0. The van der Waals surface area contributed by atoms with Crippen LogP contribution >= 0.6 is 0 Å². The van der Waals surface area contributed by atoms with Crippen LogP contribution in [0, 0.1) is 0 Å². The molecule has 0 amide bonds. The van der Waals surface area contributed by atoms with Crippen molar-refractivity contribution < 1.29 is 44.8 Å². The summed E-state index contributed by atoms with van der Waals surface area (Å²) >= 11 is 0. The quantitative estimate of drug-likeness (QED) is 0.387. The van der Waals surface area contributed by atoms with E-state index >= 15 is 0 Å². The van der Waals surface area contributed by atoms with E-state index in [1.165, 1.54) is 13.8 Å². The number of rotatable bonds is 7. The Morgan fingerprint density at radius 2 is 1.70 bits per heavy atom. The van der Waals surface area contributed by atoms with Gasteiger partial charge in [-0.1, -0.05) is 6.92 Å². The number of alkyl halides is 3. The summed E-state index contributed by atoms with van der Waals surface area (Å²) in [5, 5.41) is 0. The molecule has 0 aromatic rings. The normalized spacial score (nSPS) is 13.7. The van der Waals surface area contributed by atoms with Gasteiger partial charge in [0.25, 0.3) is 0 Å². The Bertz CT molecular complexity index is 443. The molecule has 0 aliphatic heterocycles. The van der Waals surface area contributed by atoms with Crippen LogP contribution in [0.2, 0.25) is 0 Å². The van der Waals surface area contributed by atoms with Crippen LogP contribution in [0.15, 0.2) is 0 Å². The van der Waals surface area contributed by atoms with E-state index in [2.05, 4.69) is 13.7 Å². The predicted molar refractivity (Wildman–Crippen MR) is 57.7 cm³/mol. The first-order chi connectivity index (χ1) is 9.05. The smallest absolute Gasteiger partial charge is 0.464 e. The summed E-state index contributed by atoms with van der Waals surface area (Å²) in [7, 11) is -6.01. The van der Waals surface area contributed by atoms with Crippen molar-refractivity contribution in [3.8, 4) is 0 Å². The maximum atomic E-state index is 12.1. The zero-order chi connectivity index (χ0) is 16.0. The van der Waals surface area contributed by atoms with Crippen LogP contribution in [0.1, 0.15) is 20.3 Å². The highest BCUT2D eigenvalue weighted by molar-refractivity contribution is 7.87. The fourth-order valence-corrected chi connectivity index (χ4v) is 1.40. The predicted octanol–water partition coefficient (Wildman–Crippen LogP) is 0.737. The van der Waals surface area contributed by atoms with E-state index in [9.17, 15) is 31.2 Å². The Balaban J connectivity index is 4.96. The molecule has 1 atom stereocenters. The average molecular weight is 322 g/mol. The SMILES string of the molecule is CCOC(=O)C(COC(=O)CC)OS(=O)(=O)C(F)(F)F. The molecule has 0 bridgehead atoms. The third-order valence-electron chi connectivity index (χ3n) is 1.76. The highest BCUT2D eigenvalue weighted by Gasteiger charge is 2.50. The minimum atomic E-state index is -6.01. The molecule has 0 N–H and O–H groups in total. The molecule has 0 saturated heterocycles. The monoisotopic (exact) mass is 322 g/mol. The van der Waals surface area contributed by atoms with E-state index < -0.39 is 40.3 Å². The fourth-order valence-electron chi connectivity index (χ4n) is 0.848. The Labute approximate surface area is 113 Å². The van der Waals surface area contributed by atoms with E-state index in [4.69, 9.17) is 0 Å². The number of esters is 2. The maximum Gasteiger partial charge on any atom is 0.523 e. The van der Waals surface area contributed by atoms with Gasteiger partial charge in [0.05, 0.1) is 6.61 Å². The summed E-state index contributed by atoms with van der Waals surface area (Å²) in [6, 6.07) is 0. The zero-order valence-corrected chi connectivity index (χ0v) is 11.4. The molecule has 0 spiro atoms. The molecule has 0 radical (unpaired) electrons. The van der Waals surface area contributed by atoms with E-state index in [-0.39, 0.29) is 13.0 Å². The highest BCUT2D eigenvalue weighted by atomic mass is 32.2. The second-order valence-corrected chi connectivity index (χ2v) is 4.84. The second-order valence-electron chi connectivity index (χ2n) is 3.27. The molecule has 20 heavy (non-hydrogen) atoms. The van der Waals surface area contributed by atoms with Crippen LogP contribution in [-0.2, 0) is 33.4 Å². The van der Waals surface area contributed by atoms with Crippen LogP contribution in [0.5, 0.6) is 0 Å². The minimum Gasteiger partial charge on any atom is -0.464 e. The summed E-state index contributed by atoms with van der Waals surface area (Å²) in [6.07, 6.45) is -2.32. The van der Waals surface area contributed by atoms with Gasteiger partial charge in [0.2, 0.25) is 6.10 Å².